The lowest BCUT2D eigenvalue weighted by Crippen LogP contribution is -2.24. The highest BCUT2D eigenvalue weighted by atomic mass is 15.0. The van der Waals surface area contributed by atoms with Gasteiger partial charge in [0.25, 0.3) is 0 Å². The van der Waals surface area contributed by atoms with Crippen LogP contribution < -0.4 is 5.32 Å². The molecule has 0 aromatic carbocycles. The summed E-state index contributed by atoms with van der Waals surface area (Å²) in [5.74, 6) is 2.55. The number of aromatic nitrogens is 2. The molecule has 1 saturated carbocycles. The molecule has 3 unspecified atom stereocenters. The molecule has 1 aliphatic carbocycles. The molecule has 3 heteroatoms. The van der Waals surface area contributed by atoms with Gasteiger partial charge in [0.1, 0.15) is 12.1 Å². The molecule has 3 atom stereocenters. The summed E-state index contributed by atoms with van der Waals surface area (Å²) < 4.78 is 0. The number of hydrogen-bond acceptors (Lipinski definition) is 3. The second kappa shape index (κ2) is 5.48. The van der Waals surface area contributed by atoms with Gasteiger partial charge in [-0.25, -0.2) is 9.97 Å². The van der Waals surface area contributed by atoms with Crippen molar-refractivity contribution >= 4 is 5.82 Å². The van der Waals surface area contributed by atoms with Gasteiger partial charge in [0.15, 0.2) is 0 Å². The van der Waals surface area contributed by atoms with Crippen LogP contribution in [0.4, 0.5) is 5.82 Å². The van der Waals surface area contributed by atoms with Gasteiger partial charge >= 0.3 is 0 Å². The summed E-state index contributed by atoms with van der Waals surface area (Å²) in [5.41, 5.74) is 1.14. The lowest BCUT2D eigenvalue weighted by Gasteiger charge is -2.20. The van der Waals surface area contributed by atoms with Gasteiger partial charge in [-0.05, 0) is 31.1 Å². The molecular weight excluding hydrogens is 210 g/mol. The van der Waals surface area contributed by atoms with Crippen LogP contribution in [0.5, 0.6) is 0 Å². The molecule has 1 aliphatic rings. The molecule has 0 amide bonds. The van der Waals surface area contributed by atoms with E-state index < -0.39 is 0 Å². The summed E-state index contributed by atoms with van der Waals surface area (Å²) >= 11 is 0. The molecule has 1 fully saturated rings. The lowest BCUT2D eigenvalue weighted by molar-refractivity contribution is 0.435. The second-order valence-corrected chi connectivity index (χ2v) is 5.31. The first-order chi connectivity index (χ1) is 8.20. The standard InChI is InChI=1S/C14H23N3/c1-4-5-12-8-14(16-9-15-12)17-13-7-6-10(2)11(13)3/h8-11,13H,4-7H2,1-3H3,(H,15,16,17). The summed E-state index contributed by atoms with van der Waals surface area (Å²) in [6.07, 6.45) is 6.43. The van der Waals surface area contributed by atoms with Crippen LogP contribution in [-0.2, 0) is 6.42 Å². The first-order valence-corrected chi connectivity index (χ1v) is 6.78. The van der Waals surface area contributed by atoms with Gasteiger partial charge in [0, 0.05) is 17.8 Å². The maximum atomic E-state index is 4.32. The van der Waals surface area contributed by atoms with E-state index in [1.807, 2.05) is 0 Å². The molecule has 0 saturated heterocycles. The van der Waals surface area contributed by atoms with Gasteiger partial charge < -0.3 is 5.32 Å². The number of nitrogens with one attached hydrogen (secondary N) is 1. The number of hydrogen-bond donors (Lipinski definition) is 1. The SMILES string of the molecule is CCCc1cc(NC2CCC(C)C2C)ncn1. The molecule has 1 heterocycles. The van der Waals surface area contributed by atoms with Gasteiger partial charge in [-0.15, -0.1) is 0 Å². The smallest absolute Gasteiger partial charge is 0.129 e. The van der Waals surface area contributed by atoms with Crippen LogP contribution in [-0.4, -0.2) is 16.0 Å². The third kappa shape index (κ3) is 2.96. The predicted molar refractivity (Wildman–Crippen MR) is 71.0 cm³/mol. The second-order valence-electron chi connectivity index (χ2n) is 5.31. The van der Waals surface area contributed by atoms with E-state index in [4.69, 9.17) is 0 Å². The number of nitrogens with zero attached hydrogens (tertiary/aromatic N) is 2. The fraction of sp³-hybridized carbons (Fsp3) is 0.714. The van der Waals surface area contributed by atoms with E-state index in [0.717, 1.165) is 36.2 Å². The quantitative estimate of drug-likeness (QED) is 0.867. The van der Waals surface area contributed by atoms with Gasteiger partial charge in [-0.1, -0.05) is 27.2 Å². The van der Waals surface area contributed by atoms with Crippen LogP contribution >= 0.6 is 0 Å². The zero-order valence-corrected chi connectivity index (χ0v) is 11.1. The maximum Gasteiger partial charge on any atom is 0.129 e. The molecule has 1 aromatic heterocycles. The molecular formula is C14H23N3. The van der Waals surface area contributed by atoms with E-state index in [-0.39, 0.29) is 0 Å². The van der Waals surface area contributed by atoms with Crippen LogP contribution in [0.25, 0.3) is 0 Å². The lowest BCUT2D eigenvalue weighted by atomic mass is 9.98. The van der Waals surface area contributed by atoms with Gasteiger partial charge in [0.05, 0.1) is 0 Å². The Bertz CT molecular complexity index is 364. The molecule has 17 heavy (non-hydrogen) atoms. The summed E-state index contributed by atoms with van der Waals surface area (Å²) in [7, 11) is 0. The van der Waals surface area contributed by atoms with Gasteiger partial charge in [-0.3, -0.25) is 0 Å². The minimum Gasteiger partial charge on any atom is -0.367 e. The number of aryl methyl sites for hydroxylation is 1. The average molecular weight is 233 g/mol. The largest absolute Gasteiger partial charge is 0.367 e. The Hall–Kier alpha value is -1.12. The van der Waals surface area contributed by atoms with Crippen LogP contribution in [0.15, 0.2) is 12.4 Å². The zero-order valence-electron chi connectivity index (χ0n) is 11.1. The number of rotatable bonds is 4. The summed E-state index contributed by atoms with van der Waals surface area (Å²) in [6.45, 7) is 6.86. The van der Waals surface area contributed by atoms with Crippen LogP contribution in [0, 0.1) is 11.8 Å². The Balaban J connectivity index is 2.01. The van der Waals surface area contributed by atoms with Crippen molar-refractivity contribution in [1.29, 1.82) is 0 Å². The summed E-state index contributed by atoms with van der Waals surface area (Å²) in [5, 5.41) is 3.57. The van der Waals surface area contributed by atoms with Gasteiger partial charge in [-0.2, -0.15) is 0 Å². The highest BCUT2D eigenvalue weighted by Gasteiger charge is 2.29. The third-order valence-electron chi connectivity index (χ3n) is 4.03. The molecule has 0 radical (unpaired) electrons. The minimum absolute atomic E-state index is 0.578. The van der Waals surface area contributed by atoms with E-state index in [1.165, 1.54) is 12.8 Å². The Morgan fingerprint density at radius 3 is 2.76 bits per heavy atom. The molecule has 0 bridgehead atoms. The molecule has 0 spiro atoms. The van der Waals surface area contributed by atoms with Crippen molar-refractivity contribution in [3.05, 3.63) is 18.1 Å². The fourth-order valence-corrected chi connectivity index (χ4v) is 2.63. The Morgan fingerprint density at radius 2 is 2.12 bits per heavy atom. The molecule has 0 aliphatic heterocycles. The first kappa shape index (κ1) is 12.3. The topological polar surface area (TPSA) is 37.8 Å². The average Bonchev–Trinajstić information content (AvgIpc) is 2.62. The van der Waals surface area contributed by atoms with Crippen molar-refractivity contribution in [1.82, 2.24) is 9.97 Å². The molecule has 94 valence electrons. The normalized spacial score (nSPS) is 28.3. The van der Waals surface area contributed by atoms with Crippen molar-refractivity contribution < 1.29 is 0 Å². The fourth-order valence-electron chi connectivity index (χ4n) is 2.63. The Morgan fingerprint density at radius 1 is 1.29 bits per heavy atom. The van der Waals surface area contributed by atoms with Crippen LogP contribution in [0.1, 0.15) is 45.7 Å². The zero-order chi connectivity index (χ0) is 12.3. The molecule has 3 nitrogen and oxygen atoms in total. The molecule has 1 aromatic rings. The highest BCUT2D eigenvalue weighted by molar-refractivity contribution is 5.36. The van der Waals surface area contributed by atoms with E-state index in [1.54, 1.807) is 6.33 Å². The Labute approximate surface area is 104 Å². The van der Waals surface area contributed by atoms with Crippen LogP contribution in [0.2, 0.25) is 0 Å². The van der Waals surface area contributed by atoms with E-state index >= 15 is 0 Å². The monoisotopic (exact) mass is 233 g/mol. The molecule has 1 N–H and O–H groups in total. The first-order valence-electron chi connectivity index (χ1n) is 6.78. The maximum absolute atomic E-state index is 4.32. The number of anilines is 1. The van der Waals surface area contributed by atoms with Crippen molar-refractivity contribution in [3.8, 4) is 0 Å². The minimum atomic E-state index is 0.578. The van der Waals surface area contributed by atoms with Crippen LogP contribution in [0.3, 0.4) is 0 Å². The highest BCUT2D eigenvalue weighted by Crippen LogP contribution is 2.32. The van der Waals surface area contributed by atoms with E-state index in [2.05, 4.69) is 42.1 Å². The van der Waals surface area contributed by atoms with Crippen molar-refractivity contribution in [3.63, 3.8) is 0 Å². The van der Waals surface area contributed by atoms with Crippen molar-refractivity contribution in [2.45, 2.75) is 52.5 Å². The van der Waals surface area contributed by atoms with Crippen molar-refractivity contribution in [2.24, 2.45) is 11.8 Å². The summed E-state index contributed by atoms with van der Waals surface area (Å²) in [4.78, 5) is 8.61. The van der Waals surface area contributed by atoms with Crippen molar-refractivity contribution in [2.75, 3.05) is 5.32 Å². The van der Waals surface area contributed by atoms with E-state index in [0.29, 0.717) is 6.04 Å². The Kier molecular flexibility index (Phi) is 3.97. The predicted octanol–water partition coefficient (Wildman–Crippen LogP) is 3.28. The molecule has 2 rings (SSSR count). The third-order valence-corrected chi connectivity index (χ3v) is 4.03. The summed E-state index contributed by atoms with van der Waals surface area (Å²) in [6, 6.07) is 2.67. The van der Waals surface area contributed by atoms with E-state index in [9.17, 15) is 0 Å². The van der Waals surface area contributed by atoms with Gasteiger partial charge in [0.2, 0.25) is 0 Å².